The van der Waals surface area contributed by atoms with Gasteiger partial charge in [-0.05, 0) is 36.2 Å². The first-order valence-corrected chi connectivity index (χ1v) is 6.96. The second-order valence-corrected chi connectivity index (χ2v) is 5.03. The number of halogens is 1. The van der Waals surface area contributed by atoms with Gasteiger partial charge in [0.25, 0.3) is 0 Å². The lowest BCUT2D eigenvalue weighted by atomic mass is 10.0. The van der Waals surface area contributed by atoms with Crippen LogP contribution < -0.4 is 0 Å². The highest BCUT2D eigenvalue weighted by atomic mass is 32.1. The quantitative estimate of drug-likeness (QED) is 0.728. The summed E-state index contributed by atoms with van der Waals surface area (Å²) in [7, 11) is 0. The molecule has 0 aliphatic carbocycles. The zero-order valence-corrected chi connectivity index (χ0v) is 11.9. The highest BCUT2D eigenvalue weighted by Gasteiger charge is 2.13. The van der Waals surface area contributed by atoms with Gasteiger partial charge in [-0.1, -0.05) is 31.2 Å². The predicted molar refractivity (Wildman–Crippen MR) is 80.6 cm³/mol. The Morgan fingerprint density at radius 3 is 2.70 bits per heavy atom. The summed E-state index contributed by atoms with van der Waals surface area (Å²) < 4.78 is 16.4. The van der Waals surface area contributed by atoms with Gasteiger partial charge in [0.15, 0.2) is 10.6 Å². The van der Waals surface area contributed by atoms with E-state index in [4.69, 9.17) is 12.2 Å². The van der Waals surface area contributed by atoms with E-state index in [-0.39, 0.29) is 5.82 Å². The van der Waals surface area contributed by atoms with E-state index in [2.05, 4.69) is 17.1 Å². The molecular weight excluding hydrogens is 273 g/mol. The molecule has 0 saturated heterocycles. The largest absolute Gasteiger partial charge is 0.300 e. The summed E-state index contributed by atoms with van der Waals surface area (Å²) in [5.74, 6) is 0.536. The summed E-state index contributed by atoms with van der Waals surface area (Å²) in [6.45, 7) is 2.87. The van der Waals surface area contributed by atoms with Crippen LogP contribution in [0.2, 0.25) is 0 Å². The lowest BCUT2D eigenvalue weighted by molar-refractivity contribution is 0.639. The predicted octanol–water partition coefficient (Wildman–Crippen LogP) is 4.31. The number of fused-ring (bicyclic) bond motifs is 1. The average molecular weight is 287 g/mol. The van der Waals surface area contributed by atoms with Crippen molar-refractivity contribution in [3.63, 3.8) is 0 Å². The van der Waals surface area contributed by atoms with Gasteiger partial charge < -0.3 is 4.57 Å². The fourth-order valence-corrected chi connectivity index (χ4v) is 2.64. The van der Waals surface area contributed by atoms with E-state index in [1.165, 1.54) is 6.07 Å². The number of H-pyrrole nitrogens is 1. The van der Waals surface area contributed by atoms with E-state index in [1.54, 1.807) is 12.1 Å². The number of nitrogens with one attached hydrogen (secondary N) is 1. The summed E-state index contributed by atoms with van der Waals surface area (Å²) in [6.07, 6.45) is 0.958. The molecular formula is C15H14FN3S. The second kappa shape index (κ2) is 5.17. The molecule has 2 aromatic carbocycles. The molecule has 0 unspecified atom stereocenters. The van der Waals surface area contributed by atoms with Crippen LogP contribution in [-0.2, 0) is 6.54 Å². The molecule has 1 heterocycles. The smallest absolute Gasteiger partial charge is 0.195 e. The minimum Gasteiger partial charge on any atom is -0.300 e. The van der Waals surface area contributed by atoms with Crippen molar-refractivity contribution in [1.82, 2.24) is 14.8 Å². The lowest BCUT2D eigenvalue weighted by Crippen LogP contribution is -2.00. The lowest BCUT2D eigenvalue weighted by Gasteiger charge is -2.09. The first kappa shape index (κ1) is 13.0. The molecule has 20 heavy (non-hydrogen) atoms. The van der Waals surface area contributed by atoms with Crippen LogP contribution in [0.1, 0.15) is 13.3 Å². The van der Waals surface area contributed by atoms with E-state index in [1.807, 2.05) is 22.8 Å². The molecule has 0 bridgehead atoms. The van der Waals surface area contributed by atoms with E-state index in [0.29, 0.717) is 10.2 Å². The minimum absolute atomic E-state index is 0.222. The SMILES string of the molecule is CCCn1c(-c2ccc(F)c3ccccc23)n[nH]c1=S. The van der Waals surface area contributed by atoms with Crippen LogP contribution in [0.15, 0.2) is 36.4 Å². The van der Waals surface area contributed by atoms with Gasteiger partial charge in [0.05, 0.1) is 0 Å². The van der Waals surface area contributed by atoms with Gasteiger partial charge >= 0.3 is 0 Å². The Bertz CT molecular complexity index is 819. The molecule has 3 rings (SSSR count). The second-order valence-electron chi connectivity index (χ2n) is 4.64. The fourth-order valence-electron chi connectivity index (χ4n) is 2.41. The van der Waals surface area contributed by atoms with Gasteiger partial charge in [0, 0.05) is 17.5 Å². The molecule has 0 atom stereocenters. The van der Waals surface area contributed by atoms with Crippen molar-refractivity contribution < 1.29 is 4.39 Å². The number of hydrogen-bond acceptors (Lipinski definition) is 2. The first-order chi connectivity index (χ1) is 9.72. The van der Waals surface area contributed by atoms with E-state index in [9.17, 15) is 4.39 Å². The molecule has 1 aromatic heterocycles. The standard InChI is InChI=1S/C15H14FN3S/c1-2-9-19-14(17-18-15(19)20)12-7-8-13(16)11-6-4-3-5-10(11)12/h3-8H,2,9H2,1H3,(H,18,20). The zero-order chi connectivity index (χ0) is 14.1. The summed E-state index contributed by atoms with van der Waals surface area (Å²) in [5.41, 5.74) is 0.891. The summed E-state index contributed by atoms with van der Waals surface area (Å²) in [4.78, 5) is 0. The molecule has 0 aliphatic rings. The Morgan fingerprint density at radius 2 is 1.95 bits per heavy atom. The third-order valence-electron chi connectivity index (χ3n) is 3.32. The van der Waals surface area contributed by atoms with Crippen molar-refractivity contribution in [3.05, 3.63) is 47.0 Å². The van der Waals surface area contributed by atoms with Gasteiger partial charge in [0.2, 0.25) is 0 Å². The van der Waals surface area contributed by atoms with Crippen molar-refractivity contribution in [2.24, 2.45) is 0 Å². The molecule has 0 radical (unpaired) electrons. The maximum atomic E-state index is 13.9. The zero-order valence-electron chi connectivity index (χ0n) is 11.1. The van der Waals surface area contributed by atoms with Crippen LogP contribution in [0.4, 0.5) is 4.39 Å². The third kappa shape index (κ3) is 2.04. The van der Waals surface area contributed by atoms with Gasteiger partial charge in [-0.3, -0.25) is 5.10 Å². The van der Waals surface area contributed by atoms with E-state index < -0.39 is 0 Å². The van der Waals surface area contributed by atoms with Gasteiger partial charge in [-0.25, -0.2) is 4.39 Å². The number of benzene rings is 2. The highest BCUT2D eigenvalue weighted by Crippen LogP contribution is 2.29. The maximum Gasteiger partial charge on any atom is 0.195 e. The third-order valence-corrected chi connectivity index (χ3v) is 3.63. The molecule has 0 amide bonds. The van der Waals surface area contributed by atoms with E-state index >= 15 is 0 Å². The average Bonchev–Trinajstić information content (AvgIpc) is 2.82. The van der Waals surface area contributed by atoms with E-state index in [0.717, 1.165) is 29.7 Å². The molecule has 0 spiro atoms. The molecule has 0 saturated carbocycles. The summed E-state index contributed by atoms with van der Waals surface area (Å²) >= 11 is 5.26. The van der Waals surface area contributed by atoms with Crippen molar-refractivity contribution in [1.29, 1.82) is 0 Å². The molecule has 0 fully saturated rings. The Hall–Kier alpha value is -2.01. The number of rotatable bonds is 3. The molecule has 0 aliphatic heterocycles. The molecule has 5 heteroatoms. The van der Waals surface area contributed by atoms with Crippen LogP contribution >= 0.6 is 12.2 Å². The Labute approximate surface area is 121 Å². The van der Waals surface area contributed by atoms with Crippen molar-refractivity contribution in [2.75, 3.05) is 0 Å². The van der Waals surface area contributed by atoms with Gasteiger partial charge in [0.1, 0.15) is 5.82 Å². The number of hydrogen-bond donors (Lipinski definition) is 1. The van der Waals surface area contributed by atoms with Crippen LogP contribution in [0, 0.1) is 10.6 Å². The highest BCUT2D eigenvalue weighted by molar-refractivity contribution is 7.71. The fraction of sp³-hybridized carbons (Fsp3) is 0.200. The monoisotopic (exact) mass is 287 g/mol. The minimum atomic E-state index is -0.222. The van der Waals surface area contributed by atoms with Crippen LogP contribution in [0.25, 0.3) is 22.2 Å². The Kier molecular flexibility index (Phi) is 3.36. The first-order valence-electron chi connectivity index (χ1n) is 6.55. The number of nitrogens with zero attached hydrogens (tertiary/aromatic N) is 2. The molecule has 1 N–H and O–H groups in total. The Balaban J connectivity index is 2.31. The number of aromatic nitrogens is 3. The maximum absolute atomic E-state index is 13.9. The normalized spacial score (nSPS) is 11.1. The molecule has 3 nitrogen and oxygen atoms in total. The van der Waals surface area contributed by atoms with Gasteiger partial charge in [-0.2, -0.15) is 5.10 Å². The summed E-state index contributed by atoms with van der Waals surface area (Å²) in [6, 6.07) is 10.6. The van der Waals surface area contributed by atoms with Crippen LogP contribution in [-0.4, -0.2) is 14.8 Å². The van der Waals surface area contributed by atoms with Gasteiger partial charge in [-0.15, -0.1) is 0 Å². The van der Waals surface area contributed by atoms with Crippen molar-refractivity contribution in [3.8, 4) is 11.4 Å². The van der Waals surface area contributed by atoms with Crippen molar-refractivity contribution in [2.45, 2.75) is 19.9 Å². The topological polar surface area (TPSA) is 33.6 Å². The Morgan fingerprint density at radius 1 is 1.20 bits per heavy atom. The van der Waals surface area contributed by atoms with Crippen LogP contribution in [0.3, 0.4) is 0 Å². The summed E-state index contributed by atoms with van der Waals surface area (Å²) in [5, 5.41) is 8.57. The molecule has 3 aromatic rings. The molecule has 102 valence electrons. The number of aromatic amines is 1. The van der Waals surface area contributed by atoms with Crippen LogP contribution in [0.5, 0.6) is 0 Å². The van der Waals surface area contributed by atoms with Crippen molar-refractivity contribution >= 4 is 23.0 Å².